The number of carbonyl (C=O) groups excluding carboxylic acids is 1. The zero-order valence-corrected chi connectivity index (χ0v) is 10.2. The van der Waals surface area contributed by atoms with E-state index in [2.05, 4.69) is 11.2 Å². The van der Waals surface area contributed by atoms with Crippen LogP contribution in [0.2, 0.25) is 0 Å². The minimum atomic E-state index is -0.834. The van der Waals surface area contributed by atoms with E-state index in [4.69, 9.17) is 6.42 Å². The van der Waals surface area contributed by atoms with Crippen LogP contribution in [0.3, 0.4) is 0 Å². The average molecular weight is 238 g/mol. The molecule has 1 aliphatic rings. The van der Waals surface area contributed by atoms with Crippen molar-refractivity contribution in [1.82, 2.24) is 10.2 Å². The number of terminal acetylenes is 1. The van der Waals surface area contributed by atoms with Crippen LogP contribution in [-0.4, -0.2) is 41.6 Å². The van der Waals surface area contributed by atoms with Crippen LogP contribution in [-0.2, 0) is 4.79 Å². The van der Waals surface area contributed by atoms with Crippen molar-refractivity contribution < 1.29 is 14.7 Å². The third-order valence-corrected chi connectivity index (χ3v) is 3.46. The van der Waals surface area contributed by atoms with Crippen LogP contribution < -0.4 is 5.32 Å². The van der Waals surface area contributed by atoms with Crippen molar-refractivity contribution in [1.29, 1.82) is 0 Å². The average Bonchev–Trinajstić information content (AvgIpc) is 2.72. The maximum absolute atomic E-state index is 11.7. The maximum Gasteiger partial charge on any atom is 0.318 e. The van der Waals surface area contributed by atoms with Gasteiger partial charge in [-0.1, -0.05) is 19.8 Å². The molecule has 0 aromatic carbocycles. The number of hydrogen-bond acceptors (Lipinski definition) is 2. The largest absolute Gasteiger partial charge is 0.481 e. The van der Waals surface area contributed by atoms with Crippen LogP contribution >= 0.6 is 0 Å². The summed E-state index contributed by atoms with van der Waals surface area (Å²) in [5.41, 5.74) is -0.826. The lowest BCUT2D eigenvalue weighted by molar-refractivity contribution is -0.150. The molecule has 5 nitrogen and oxygen atoms in total. The van der Waals surface area contributed by atoms with E-state index in [0.29, 0.717) is 13.0 Å². The van der Waals surface area contributed by atoms with Gasteiger partial charge in [-0.25, -0.2) is 4.79 Å². The van der Waals surface area contributed by atoms with Crippen molar-refractivity contribution in [3.05, 3.63) is 0 Å². The molecule has 1 fully saturated rings. The second-order valence-electron chi connectivity index (χ2n) is 4.65. The molecule has 0 spiro atoms. The van der Waals surface area contributed by atoms with Crippen LogP contribution in [0.4, 0.5) is 4.79 Å². The van der Waals surface area contributed by atoms with E-state index < -0.39 is 11.4 Å². The summed E-state index contributed by atoms with van der Waals surface area (Å²) >= 11 is 0. The smallest absolute Gasteiger partial charge is 0.318 e. The van der Waals surface area contributed by atoms with Crippen molar-refractivity contribution >= 4 is 12.0 Å². The van der Waals surface area contributed by atoms with Gasteiger partial charge in [0.05, 0.1) is 12.0 Å². The second kappa shape index (κ2) is 5.09. The Kier molecular flexibility index (Phi) is 4.00. The lowest BCUT2D eigenvalue weighted by Gasteiger charge is -2.28. The molecule has 94 valence electrons. The van der Waals surface area contributed by atoms with Crippen LogP contribution in [0, 0.1) is 23.7 Å². The minimum absolute atomic E-state index is 0.00886. The predicted octanol–water partition coefficient (Wildman–Crippen LogP) is 0.762. The number of nitrogens with zero attached hydrogens (tertiary/aromatic N) is 1. The molecule has 2 amide bonds. The van der Waals surface area contributed by atoms with Gasteiger partial charge in [0.15, 0.2) is 0 Å². The third-order valence-electron chi connectivity index (χ3n) is 3.46. The highest BCUT2D eigenvalue weighted by Crippen LogP contribution is 2.38. The number of carbonyl (C=O) groups is 2. The van der Waals surface area contributed by atoms with Gasteiger partial charge in [-0.15, -0.1) is 6.42 Å². The van der Waals surface area contributed by atoms with Gasteiger partial charge in [0.1, 0.15) is 0 Å². The summed E-state index contributed by atoms with van der Waals surface area (Å²) in [6, 6.07) is -0.285. The van der Waals surface area contributed by atoms with Crippen LogP contribution in [0.1, 0.15) is 20.3 Å². The fourth-order valence-corrected chi connectivity index (χ4v) is 2.14. The fourth-order valence-electron chi connectivity index (χ4n) is 2.14. The first-order chi connectivity index (χ1) is 7.94. The lowest BCUT2D eigenvalue weighted by Crippen LogP contribution is -2.43. The maximum atomic E-state index is 11.7. The highest BCUT2D eigenvalue weighted by Gasteiger charge is 2.48. The number of carboxylic acids is 1. The summed E-state index contributed by atoms with van der Waals surface area (Å²) in [6.07, 6.45) is 5.54. The van der Waals surface area contributed by atoms with Crippen molar-refractivity contribution in [2.75, 3.05) is 19.6 Å². The van der Waals surface area contributed by atoms with Gasteiger partial charge in [-0.3, -0.25) is 4.79 Å². The Morgan fingerprint density at radius 2 is 2.24 bits per heavy atom. The molecule has 1 atom stereocenters. The molecule has 0 aromatic heterocycles. The van der Waals surface area contributed by atoms with E-state index >= 15 is 0 Å². The normalized spacial score (nSPS) is 23.5. The Morgan fingerprint density at radius 3 is 2.65 bits per heavy atom. The van der Waals surface area contributed by atoms with Gasteiger partial charge in [-0.05, 0) is 12.3 Å². The van der Waals surface area contributed by atoms with E-state index in [1.807, 2.05) is 13.8 Å². The molecule has 5 heteroatoms. The molecule has 0 aliphatic carbocycles. The molecule has 1 saturated heterocycles. The van der Waals surface area contributed by atoms with Gasteiger partial charge in [0.2, 0.25) is 0 Å². The molecule has 17 heavy (non-hydrogen) atoms. The molecule has 0 bridgehead atoms. The first-order valence-electron chi connectivity index (χ1n) is 5.63. The Hall–Kier alpha value is -1.70. The summed E-state index contributed by atoms with van der Waals surface area (Å²) in [7, 11) is 0. The first-order valence-corrected chi connectivity index (χ1v) is 5.63. The molecule has 1 unspecified atom stereocenters. The SMILES string of the molecule is C#CCNC(=O)N1CCC(C(=O)O)(C(C)C)C1. The van der Waals surface area contributed by atoms with E-state index in [9.17, 15) is 14.7 Å². The number of amides is 2. The highest BCUT2D eigenvalue weighted by atomic mass is 16.4. The summed E-state index contributed by atoms with van der Waals surface area (Å²) in [6.45, 7) is 4.61. The lowest BCUT2D eigenvalue weighted by atomic mass is 9.76. The van der Waals surface area contributed by atoms with Gasteiger partial charge in [0, 0.05) is 13.1 Å². The standard InChI is InChI=1S/C12H18N2O3/c1-4-6-13-11(17)14-7-5-12(8-14,9(2)3)10(15)16/h1,9H,5-8H2,2-3H3,(H,13,17)(H,15,16). The Balaban J connectivity index is 2.71. The zero-order valence-electron chi connectivity index (χ0n) is 10.2. The van der Waals surface area contributed by atoms with Gasteiger partial charge in [0.25, 0.3) is 0 Å². The monoisotopic (exact) mass is 238 g/mol. The first kappa shape index (κ1) is 13.4. The molecule has 2 N–H and O–H groups in total. The van der Waals surface area contributed by atoms with Crippen molar-refractivity contribution in [2.24, 2.45) is 11.3 Å². The molecular formula is C12H18N2O3. The van der Waals surface area contributed by atoms with E-state index in [1.165, 1.54) is 4.90 Å². The van der Waals surface area contributed by atoms with Crippen molar-refractivity contribution in [3.63, 3.8) is 0 Å². The highest BCUT2D eigenvalue weighted by molar-refractivity contribution is 5.80. The third kappa shape index (κ3) is 2.52. The summed E-state index contributed by atoms with van der Waals surface area (Å²) in [4.78, 5) is 24.5. The Labute approximate surface area is 101 Å². The molecule has 1 heterocycles. The number of likely N-dealkylation sites (tertiary alicyclic amines) is 1. The van der Waals surface area contributed by atoms with Gasteiger partial charge >= 0.3 is 12.0 Å². The number of rotatable bonds is 3. The number of urea groups is 1. The van der Waals surface area contributed by atoms with Gasteiger partial charge < -0.3 is 15.3 Å². The van der Waals surface area contributed by atoms with Crippen molar-refractivity contribution in [2.45, 2.75) is 20.3 Å². The molecule has 0 aromatic rings. The molecular weight excluding hydrogens is 220 g/mol. The fraction of sp³-hybridized carbons (Fsp3) is 0.667. The molecule has 0 radical (unpaired) electrons. The van der Waals surface area contributed by atoms with Crippen LogP contribution in [0.5, 0.6) is 0 Å². The summed E-state index contributed by atoms with van der Waals surface area (Å²) in [5, 5.41) is 11.9. The minimum Gasteiger partial charge on any atom is -0.481 e. The van der Waals surface area contributed by atoms with E-state index in [1.54, 1.807) is 0 Å². The number of aliphatic carboxylic acids is 1. The van der Waals surface area contributed by atoms with Gasteiger partial charge in [-0.2, -0.15) is 0 Å². The number of hydrogen-bond donors (Lipinski definition) is 2. The summed E-state index contributed by atoms with van der Waals surface area (Å²) < 4.78 is 0. The second-order valence-corrected chi connectivity index (χ2v) is 4.65. The summed E-state index contributed by atoms with van der Waals surface area (Å²) in [5.74, 6) is 1.47. The number of nitrogens with one attached hydrogen (secondary N) is 1. The van der Waals surface area contributed by atoms with Crippen LogP contribution in [0.15, 0.2) is 0 Å². The predicted molar refractivity (Wildman–Crippen MR) is 63.3 cm³/mol. The van der Waals surface area contributed by atoms with E-state index in [-0.39, 0.29) is 25.0 Å². The van der Waals surface area contributed by atoms with Crippen LogP contribution in [0.25, 0.3) is 0 Å². The topological polar surface area (TPSA) is 69.6 Å². The van der Waals surface area contributed by atoms with E-state index in [0.717, 1.165) is 0 Å². The molecule has 1 aliphatic heterocycles. The quantitative estimate of drug-likeness (QED) is 0.713. The van der Waals surface area contributed by atoms with Crippen molar-refractivity contribution in [3.8, 4) is 12.3 Å². The molecule has 1 rings (SSSR count). The Morgan fingerprint density at radius 1 is 1.59 bits per heavy atom. The molecule has 0 saturated carbocycles. The zero-order chi connectivity index (χ0) is 13.1. The number of carboxylic acid groups (broad SMARTS) is 1. The Bertz CT molecular complexity index is 359.